The van der Waals surface area contributed by atoms with E-state index in [1.807, 2.05) is 0 Å². The third-order valence-corrected chi connectivity index (χ3v) is 5.90. The normalized spacial score (nSPS) is 10.8. The fourth-order valence-corrected chi connectivity index (χ4v) is 3.69. The van der Waals surface area contributed by atoms with Crippen LogP contribution in [0.25, 0.3) is 21.9 Å². The molecule has 0 amide bonds. The summed E-state index contributed by atoms with van der Waals surface area (Å²) in [6.07, 6.45) is 0. The van der Waals surface area contributed by atoms with Crippen molar-refractivity contribution in [2.24, 2.45) is 0 Å². The summed E-state index contributed by atoms with van der Waals surface area (Å²) in [5.74, 6) is 0. The van der Waals surface area contributed by atoms with E-state index in [0.29, 0.717) is 0 Å². The molecule has 0 unspecified atom stereocenters. The first-order chi connectivity index (χ1) is 14.9. The number of rotatable bonds is 1. The van der Waals surface area contributed by atoms with Crippen LogP contribution in [0.1, 0.15) is 48.6 Å². The summed E-state index contributed by atoms with van der Waals surface area (Å²) in [5.41, 5.74) is 10.2. The molecule has 4 rings (SSSR count). The molecule has 0 aliphatic carbocycles. The van der Waals surface area contributed by atoms with E-state index >= 15 is 0 Å². The summed E-state index contributed by atoms with van der Waals surface area (Å²) in [4.78, 5) is 0. The molecule has 0 N–H and O–H groups in total. The molecular formula is C30H38SiZr. The molecule has 2 heteroatoms. The minimum atomic E-state index is 0.193. The van der Waals surface area contributed by atoms with Crippen molar-refractivity contribution < 1.29 is 23.3 Å². The number of hydrogen-bond donors (Lipinski definition) is 0. The van der Waals surface area contributed by atoms with Gasteiger partial charge in [0.2, 0.25) is 0 Å². The monoisotopic (exact) mass is 516 g/mol. The third kappa shape index (κ3) is 7.26. The summed E-state index contributed by atoms with van der Waals surface area (Å²) < 4.78 is 0. The van der Waals surface area contributed by atoms with Crippen molar-refractivity contribution >= 4 is 16.2 Å². The van der Waals surface area contributed by atoms with Gasteiger partial charge in [-0.15, -0.1) is 46.7 Å². The van der Waals surface area contributed by atoms with Gasteiger partial charge in [0.1, 0.15) is 0 Å². The zero-order chi connectivity index (χ0) is 24.1. The molecule has 0 radical (unpaired) electrons. The van der Waals surface area contributed by atoms with Crippen LogP contribution >= 0.6 is 0 Å². The molecule has 4 aromatic carbocycles. The molecule has 166 valence electrons. The first-order valence-corrected chi connectivity index (χ1v) is 17.6. The van der Waals surface area contributed by atoms with Crippen molar-refractivity contribution in [3.05, 3.63) is 94.5 Å². The third-order valence-electron chi connectivity index (χ3n) is 5.90. The second-order valence-electron chi connectivity index (χ2n) is 9.93. The zero-order valence-electron chi connectivity index (χ0n) is 21.4. The van der Waals surface area contributed by atoms with Gasteiger partial charge in [-0.05, 0) is 11.0 Å². The van der Waals surface area contributed by atoms with Crippen molar-refractivity contribution in [2.45, 2.75) is 67.0 Å². The van der Waals surface area contributed by atoms with Crippen molar-refractivity contribution in [2.75, 3.05) is 0 Å². The smallest absolute Gasteiger partial charge is 0.0632 e. The Morgan fingerprint density at radius 3 is 1.88 bits per heavy atom. The van der Waals surface area contributed by atoms with Crippen LogP contribution in [0.3, 0.4) is 0 Å². The second kappa shape index (κ2) is 11.6. The average Bonchev–Trinajstić information content (AvgIpc) is 3.24. The maximum atomic E-state index is 2.32. The fraction of sp³-hybridized carbons (Fsp3) is 0.333. The van der Waals surface area contributed by atoms with Crippen LogP contribution in [0.15, 0.2) is 66.7 Å². The SMILES string of the molecule is CC(C)(C)c1cccc(-c2c[cH-]c3ccccc23)c1.C[Si](C)=[Zr+2].Cc1[cH-]c(C)c(C)c1C. The Morgan fingerprint density at radius 2 is 1.38 bits per heavy atom. The Labute approximate surface area is 211 Å². The van der Waals surface area contributed by atoms with Crippen LogP contribution in [0.4, 0.5) is 0 Å². The Morgan fingerprint density at radius 1 is 0.812 bits per heavy atom. The summed E-state index contributed by atoms with van der Waals surface area (Å²) in [5, 5.41) is 2.66. The van der Waals surface area contributed by atoms with E-state index in [9.17, 15) is 0 Å². The van der Waals surface area contributed by atoms with Gasteiger partial charge in [-0.1, -0.05) is 84.4 Å². The van der Waals surface area contributed by atoms with E-state index in [1.165, 1.54) is 49.7 Å². The van der Waals surface area contributed by atoms with E-state index in [1.54, 1.807) is 23.3 Å². The van der Waals surface area contributed by atoms with Crippen molar-refractivity contribution in [3.63, 3.8) is 0 Å². The fourth-order valence-electron chi connectivity index (χ4n) is 3.69. The molecule has 0 heterocycles. The molecule has 0 saturated heterocycles. The molecule has 0 fully saturated rings. The molecule has 0 bridgehead atoms. The van der Waals surface area contributed by atoms with E-state index in [0.717, 1.165) is 0 Å². The number of aryl methyl sites for hydroxylation is 2. The summed E-state index contributed by atoms with van der Waals surface area (Å²) in [6.45, 7) is 20.1. The summed E-state index contributed by atoms with van der Waals surface area (Å²) >= 11 is 1.74. The average molecular weight is 518 g/mol. The Bertz CT molecular complexity index is 1150. The van der Waals surface area contributed by atoms with Gasteiger partial charge >= 0.3 is 41.9 Å². The van der Waals surface area contributed by atoms with E-state index in [2.05, 4.69) is 128 Å². The molecule has 0 aromatic heterocycles. The zero-order valence-corrected chi connectivity index (χ0v) is 24.8. The van der Waals surface area contributed by atoms with E-state index in [-0.39, 0.29) is 10.8 Å². The molecule has 0 nitrogen and oxygen atoms in total. The molecule has 4 aromatic rings. The Kier molecular flexibility index (Phi) is 9.68. The Hall–Kier alpha value is -1.50. The molecule has 0 saturated carbocycles. The number of benzene rings is 2. The van der Waals surface area contributed by atoms with E-state index < -0.39 is 0 Å². The first-order valence-electron chi connectivity index (χ1n) is 11.4. The van der Waals surface area contributed by atoms with Gasteiger partial charge in [0.15, 0.2) is 0 Å². The molecule has 0 aliphatic rings. The maximum Gasteiger partial charge on any atom is -0.0632 e. The molecule has 0 atom stereocenters. The quantitative estimate of drug-likeness (QED) is 0.175. The molecule has 0 spiro atoms. The van der Waals surface area contributed by atoms with Gasteiger partial charge < -0.3 is 0 Å². The van der Waals surface area contributed by atoms with Crippen LogP contribution < -0.4 is 0 Å². The van der Waals surface area contributed by atoms with Crippen molar-refractivity contribution in [1.29, 1.82) is 0 Å². The molecule has 32 heavy (non-hydrogen) atoms. The topological polar surface area (TPSA) is 0 Å². The Balaban J connectivity index is 0.000000233. The van der Waals surface area contributed by atoms with Gasteiger partial charge in [0, 0.05) is 0 Å². The maximum absolute atomic E-state index is 2.32. The molecule has 0 aliphatic heterocycles. The first kappa shape index (κ1) is 26.7. The predicted molar refractivity (Wildman–Crippen MR) is 142 cm³/mol. The van der Waals surface area contributed by atoms with Crippen LogP contribution in [-0.2, 0) is 28.8 Å². The van der Waals surface area contributed by atoms with Gasteiger partial charge in [-0.3, -0.25) is 0 Å². The standard InChI is InChI=1S/C19H19.C9H13.C2H6Si.Zr/c1-19(2,3)16-9-6-8-15(13-16)18-12-11-14-7-4-5-10-17(14)18;1-6-5-7(2)9(4)8(6)3;1-3-2;/h4-13H,1-3H3;5H,1-4H3;1-2H3;/q2*-1;;+2. The largest absolute Gasteiger partial charge is 0.196 e. The summed E-state index contributed by atoms with van der Waals surface area (Å²) in [6, 6.07) is 24.2. The second-order valence-corrected chi connectivity index (χ2v) is 19.3. The van der Waals surface area contributed by atoms with Gasteiger partial charge in [-0.2, -0.15) is 28.3 Å². The van der Waals surface area contributed by atoms with Gasteiger partial charge in [0.25, 0.3) is 0 Å². The van der Waals surface area contributed by atoms with E-state index in [4.69, 9.17) is 0 Å². The van der Waals surface area contributed by atoms with Crippen molar-refractivity contribution in [1.82, 2.24) is 0 Å². The van der Waals surface area contributed by atoms with Gasteiger partial charge in [0.05, 0.1) is 0 Å². The van der Waals surface area contributed by atoms with Crippen LogP contribution in [-0.4, -0.2) is 5.43 Å². The predicted octanol–water partition coefficient (Wildman–Crippen LogP) is 8.95. The van der Waals surface area contributed by atoms with Crippen LogP contribution in [0, 0.1) is 27.7 Å². The summed E-state index contributed by atoms with van der Waals surface area (Å²) in [7, 11) is 0. The number of hydrogen-bond acceptors (Lipinski definition) is 0. The van der Waals surface area contributed by atoms with Gasteiger partial charge in [-0.25, -0.2) is 0 Å². The van der Waals surface area contributed by atoms with Crippen molar-refractivity contribution in [3.8, 4) is 11.1 Å². The number of fused-ring (bicyclic) bond motifs is 1. The molecular weight excluding hydrogens is 480 g/mol. The minimum absolute atomic E-state index is 0.193. The van der Waals surface area contributed by atoms with Crippen LogP contribution in [0.5, 0.6) is 0 Å². The van der Waals surface area contributed by atoms with Crippen LogP contribution in [0.2, 0.25) is 13.1 Å². The minimum Gasteiger partial charge on any atom is -0.196 e.